The van der Waals surface area contributed by atoms with Crippen LogP contribution in [0.3, 0.4) is 0 Å². The molecule has 0 aromatic carbocycles. The Kier molecular flexibility index (Phi) is 46.0. The number of alkyl halides is 4. The number of hydrogen-bond donors (Lipinski definition) is 4. The summed E-state index contributed by atoms with van der Waals surface area (Å²) in [7, 11) is 0.523. The second-order valence-corrected chi connectivity index (χ2v) is 8.76. The van der Waals surface area contributed by atoms with E-state index in [4.69, 9.17) is 20.1 Å². The SMILES string of the molecule is C.CS.C[S+](C)CCCCCC(=O)O.O=C(O)C(F)(F)F.O=C(O)CCCCCBr.[Br-]. The predicted molar refractivity (Wildman–Crippen MR) is 125 cm³/mol. The maximum absolute atomic E-state index is 10.6. The lowest BCUT2D eigenvalue weighted by Crippen LogP contribution is -3.00. The Morgan fingerprint density at radius 1 is 0.839 bits per heavy atom. The van der Waals surface area contributed by atoms with Crippen molar-refractivity contribution in [1.29, 1.82) is 0 Å². The number of rotatable bonds is 11. The van der Waals surface area contributed by atoms with E-state index in [1.165, 1.54) is 12.2 Å². The average molecular weight is 630 g/mol. The molecular weight excluding hydrogens is 593 g/mol. The molecule has 0 atom stereocenters. The van der Waals surface area contributed by atoms with Gasteiger partial charge in [0.2, 0.25) is 0 Å². The molecule has 0 saturated heterocycles. The molecular formula is C18H37Br2F3O6S2. The lowest BCUT2D eigenvalue weighted by Gasteiger charge is -1.96. The molecule has 0 bridgehead atoms. The number of hydrogen-bond acceptors (Lipinski definition) is 4. The molecule has 3 N–H and O–H groups in total. The first-order chi connectivity index (χ1) is 13.3. The zero-order valence-corrected chi connectivity index (χ0v) is 22.3. The minimum Gasteiger partial charge on any atom is -1.00 e. The van der Waals surface area contributed by atoms with Crippen LogP contribution in [0.15, 0.2) is 0 Å². The summed E-state index contributed by atoms with van der Waals surface area (Å²) in [6, 6.07) is 0. The van der Waals surface area contributed by atoms with Crippen LogP contribution in [0.5, 0.6) is 0 Å². The molecule has 0 amide bonds. The Bertz CT molecular complexity index is 416. The molecule has 0 aliphatic carbocycles. The topological polar surface area (TPSA) is 112 Å². The van der Waals surface area contributed by atoms with E-state index in [1.807, 2.05) is 0 Å². The summed E-state index contributed by atoms with van der Waals surface area (Å²) >= 11 is 6.80. The van der Waals surface area contributed by atoms with Crippen molar-refractivity contribution in [2.75, 3.05) is 29.9 Å². The molecule has 0 saturated carbocycles. The molecule has 13 heteroatoms. The molecule has 0 aliphatic heterocycles. The lowest BCUT2D eigenvalue weighted by atomic mass is 10.2. The van der Waals surface area contributed by atoms with Crippen LogP contribution >= 0.6 is 28.6 Å². The number of unbranched alkanes of at least 4 members (excludes halogenated alkanes) is 4. The molecule has 192 valence electrons. The van der Waals surface area contributed by atoms with Gasteiger partial charge in [0.1, 0.15) is 5.75 Å². The molecule has 0 radical (unpaired) electrons. The van der Waals surface area contributed by atoms with Crippen LogP contribution in [0.1, 0.15) is 58.8 Å². The van der Waals surface area contributed by atoms with E-state index in [-0.39, 0.29) is 24.4 Å². The smallest absolute Gasteiger partial charge is 0.490 e. The lowest BCUT2D eigenvalue weighted by molar-refractivity contribution is -0.192. The highest BCUT2D eigenvalue weighted by molar-refractivity contribution is 9.09. The largest absolute Gasteiger partial charge is 1.00 e. The molecule has 0 aromatic heterocycles. The van der Waals surface area contributed by atoms with Gasteiger partial charge in [0, 0.05) is 18.2 Å². The second kappa shape index (κ2) is 32.0. The van der Waals surface area contributed by atoms with E-state index in [1.54, 1.807) is 6.26 Å². The van der Waals surface area contributed by atoms with Gasteiger partial charge in [-0.2, -0.15) is 25.8 Å². The quantitative estimate of drug-likeness (QED) is 0.121. The summed E-state index contributed by atoms with van der Waals surface area (Å²) in [6.45, 7) is 0. The number of carbonyl (C=O) groups is 3. The average Bonchev–Trinajstić information content (AvgIpc) is 2.60. The van der Waals surface area contributed by atoms with E-state index < -0.39 is 24.1 Å². The highest BCUT2D eigenvalue weighted by atomic mass is 79.9. The Morgan fingerprint density at radius 2 is 1.16 bits per heavy atom. The van der Waals surface area contributed by atoms with Crippen molar-refractivity contribution in [2.24, 2.45) is 0 Å². The molecule has 0 fully saturated rings. The molecule has 0 unspecified atom stereocenters. The summed E-state index contributed by atoms with van der Waals surface area (Å²) in [5.74, 6) is -2.87. The summed E-state index contributed by atoms with van der Waals surface area (Å²) in [4.78, 5) is 28.9. The monoisotopic (exact) mass is 628 g/mol. The fraction of sp³-hybridized carbons (Fsp3) is 0.833. The second-order valence-electron chi connectivity index (χ2n) is 5.59. The van der Waals surface area contributed by atoms with E-state index in [2.05, 4.69) is 41.1 Å². The van der Waals surface area contributed by atoms with Crippen molar-refractivity contribution >= 4 is 57.4 Å². The van der Waals surface area contributed by atoms with Crippen molar-refractivity contribution in [2.45, 2.75) is 65.0 Å². The van der Waals surface area contributed by atoms with Gasteiger partial charge in [0.05, 0.1) is 12.5 Å². The number of carboxylic acid groups (broad SMARTS) is 3. The van der Waals surface area contributed by atoms with Crippen LogP contribution < -0.4 is 17.0 Å². The van der Waals surface area contributed by atoms with Gasteiger partial charge in [-0.15, -0.1) is 0 Å². The van der Waals surface area contributed by atoms with Crippen molar-refractivity contribution in [1.82, 2.24) is 0 Å². The zero-order valence-electron chi connectivity index (χ0n) is 17.4. The van der Waals surface area contributed by atoms with Gasteiger partial charge in [-0.25, -0.2) is 4.79 Å². The minimum absolute atomic E-state index is 0. The number of carboxylic acids is 3. The first-order valence-corrected chi connectivity index (χ1v) is 12.9. The highest BCUT2D eigenvalue weighted by Gasteiger charge is 2.38. The third-order valence-corrected chi connectivity index (χ3v) is 4.38. The van der Waals surface area contributed by atoms with Gasteiger partial charge in [0.15, 0.2) is 0 Å². The van der Waals surface area contributed by atoms with Crippen molar-refractivity contribution in [3.8, 4) is 0 Å². The molecule has 6 nitrogen and oxygen atoms in total. The van der Waals surface area contributed by atoms with Gasteiger partial charge in [-0.3, -0.25) is 9.59 Å². The first kappa shape index (κ1) is 44.5. The third kappa shape index (κ3) is 58.8. The Hall–Kier alpha value is -0.140. The van der Waals surface area contributed by atoms with E-state index in [9.17, 15) is 22.8 Å². The van der Waals surface area contributed by atoms with Crippen molar-refractivity contribution in [3.05, 3.63) is 0 Å². The van der Waals surface area contributed by atoms with Crippen LogP contribution in [0.25, 0.3) is 0 Å². The van der Waals surface area contributed by atoms with Crippen LogP contribution in [0.2, 0.25) is 0 Å². The van der Waals surface area contributed by atoms with Gasteiger partial charge in [-0.05, 0) is 49.3 Å². The molecule has 0 heterocycles. The molecule has 31 heavy (non-hydrogen) atoms. The van der Waals surface area contributed by atoms with Crippen LogP contribution in [0.4, 0.5) is 13.2 Å². The fourth-order valence-electron chi connectivity index (χ4n) is 1.39. The van der Waals surface area contributed by atoms with Gasteiger partial charge in [0.25, 0.3) is 0 Å². The van der Waals surface area contributed by atoms with Crippen LogP contribution in [0, 0.1) is 0 Å². The van der Waals surface area contributed by atoms with Gasteiger partial charge in [-0.1, -0.05) is 29.8 Å². The number of aliphatic carboxylic acids is 3. The maximum Gasteiger partial charge on any atom is 0.490 e. The number of halogens is 5. The minimum atomic E-state index is -5.08. The van der Waals surface area contributed by atoms with E-state index in [0.29, 0.717) is 23.7 Å². The van der Waals surface area contributed by atoms with Crippen LogP contribution in [-0.4, -0.2) is 69.3 Å². The zero-order chi connectivity index (χ0) is 23.9. The Balaban J connectivity index is -0.0000000718. The maximum atomic E-state index is 10.6. The summed E-state index contributed by atoms with van der Waals surface area (Å²) in [5.41, 5.74) is 0. The standard InChI is InChI=1S/C8H16O2S.C6H11BrO2.C2HF3O2.CH4S.CH4.BrH/c1-11(2)7-5-3-4-6-8(9)10;7-5-3-1-2-4-6(8)9;3-2(4,5)1(6)7;1-2;;/h3-7H2,1-2H3;1-5H2,(H,8,9);(H,6,7);2H,1H3;1H4;1H. The summed E-state index contributed by atoms with van der Waals surface area (Å²) < 4.78 is 31.7. The Labute approximate surface area is 211 Å². The molecule has 0 aromatic rings. The third-order valence-electron chi connectivity index (χ3n) is 2.71. The predicted octanol–water partition coefficient (Wildman–Crippen LogP) is 2.36. The van der Waals surface area contributed by atoms with Gasteiger partial charge < -0.3 is 32.3 Å². The molecule has 0 rings (SSSR count). The summed E-state index contributed by atoms with van der Waals surface area (Å²) in [6.07, 6.45) is 7.68. The van der Waals surface area contributed by atoms with E-state index in [0.717, 1.165) is 37.4 Å². The van der Waals surface area contributed by atoms with Crippen molar-refractivity contribution < 1.29 is 59.9 Å². The molecule has 0 spiro atoms. The van der Waals surface area contributed by atoms with Crippen molar-refractivity contribution in [3.63, 3.8) is 0 Å². The first-order valence-electron chi connectivity index (χ1n) is 8.63. The van der Waals surface area contributed by atoms with Gasteiger partial charge >= 0.3 is 24.1 Å². The summed E-state index contributed by atoms with van der Waals surface area (Å²) in [5, 5.41) is 24.6. The Morgan fingerprint density at radius 3 is 1.39 bits per heavy atom. The number of thiol groups is 1. The fourth-order valence-corrected chi connectivity index (χ4v) is 2.57. The van der Waals surface area contributed by atoms with Crippen LogP contribution in [-0.2, 0) is 25.3 Å². The highest BCUT2D eigenvalue weighted by Crippen LogP contribution is 2.13. The van der Waals surface area contributed by atoms with E-state index >= 15 is 0 Å². The normalized spacial score (nSPS) is 9.19. The molecule has 0 aliphatic rings.